The normalized spacial score (nSPS) is 16.9. The maximum atomic E-state index is 13.0. The van der Waals surface area contributed by atoms with Crippen LogP contribution in [0.5, 0.6) is 5.75 Å². The minimum absolute atomic E-state index is 0.0221. The Balaban J connectivity index is 1.14. The standard InChI is InChI=1S/C28H28N4O4/c33-18-19-15-21-23(29-17-20-7-5-12-31(20)28(21)34)16-26(19)36-13-4-3-11-32-24-9-2-1-8-22(24)30-27(32)25-10-6-14-35-25/h1-2,6,8-10,14-17,20,33H,3-5,7,11-13,18H2/t20-/m0/s1. The van der Waals surface area contributed by atoms with Crippen molar-refractivity contribution >= 4 is 28.8 Å². The number of carbonyl (C=O) groups excluding carboxylic acids is 1. The number of furan rings is 1. The number of aryl methyl sites for hydroxylation is 1. The molecule has 4 aromatic rings. The Bertz CT molecular complexity index is 1420. The Morgan fingerprint density at radius 1 is 1.14 bits per heavy atom. The minimum atomic E-state index is -0.198. The van der Waals surface area contributed by atoms with Gasteiger partial charge in [0.1, 0.15) is 5.75 Å². The van der Waals surface area contributed by atoms with Gasteiger partial charge in [0.2, 0.25) is 0 Å². The molecule has 1 atom stereocenters. The van der Waals surface area contributed by atoms with Gasteiger partial charge in [0.25, 0.3) is 5.91 Å². The third-order valence-electron chi connectivity index (χ3n) is 6.96. The lowest BCUT2D eigenvalue weighted by Crippen LogP contribution is -2.35. The van der Waals surface area contributed by atoms with Crippen molar-refractivity contribution in [1.82, 2.24) is 14.5 Å². The summed E-state index contributed by atoms with van der Waals surface area (Å²) < 4.78 is 13.9. The van der Waals surface area contributed by atoms with Crippen LogP contribution in [0.25, 0.3) is 22.6 Å². The van der Waals surface area contributed by atoms with Crippen molar-refractivity contribution < 1.29 is 19.1 Å². The van der Waals surface area contributed by atoms with E-state index in [1.165, 1.54) is 0 Å². The largest absolute Gasteiger partial charge is 0.493 e. The van der Waals surface area contributed by atoms with Crippen molar-refractivity contribution in [1.29, 1.82) is 0 Å². The highest BCUT2D eigenvalue weighted by Crippen LogP contribution is 2.34. The van der Waals surface area contributed by atoms with E-state index < -0.39 is 0 Å². The van der Waals surface area contributed by atoms with E-state index in [2.05, 4.69) is 15.6 Å². The van der Waals surface area contributed by atoms with Crippen molar-refractivity contribution in [2.24, 2.45) is 4.99 Å². The molecule has 0 spiro atoms. The number of imidazole rings is 1. The molecule has 4 heterocycles. The van der Waals surface area contributed by atoms with Crippen LogP contribution in [0.15, 0.2) is 64.2 Å². The molecule has 36 heavy (non-hydrogen) atoms. The number of carbonyl (C=O) groups is 1. The lowest BCUT2D eigenvalue weighted by molar-refractivity contribution is 0.0774. The van der Waals surface area contributed by atoms with Crippen molar-refractivity contribution in [3.8, 4) is 17.3 Å². The molecule has 2 aromatic carbocycles. The van der Waals surface area contributed by atoms with E-state index >= 15 is 0 Å². The zero-order valence-electron chi connectivity index (χ0n) is 20.0. The topological polar surface area (TPSA) is 93.1 Å². The van der Waals surface area contributed by atoms with Gasteiger partial charge in [0, 0.05) is 30.9 Å². The quantitative estimate of drug-likeness (QED) is 0.357. The molecule has 8 heteroatoms. The number of aliphatic imine (C=N–C) groups is 1. The van der Waals surface area contributed by atoms with E-state index in [0.29, 0.717) is 29.2 Å². The van der Waals surface area contributed by atoms with E-state index in [0.717, 1.165) is 61.4 Å². The molecule has 1 saturated heterocycles. The van der Waals surface area contributed by atoms with Crippen LogP contribution in [0.3, 0.4) is 0 Å². The van der Waals surface area contributed by atoms with Crippen LogP contribution in [0.4, 0.5) is 5.69 Å². The molecule has 8 nitrogen and oxygen atoms in total. The smallest absolute Gasteiger partial charge is 0.256 e. The van der Waals surface area contributed by atoms with Crippen LogP contribution < -0.4 is 4.74 Å². The number of fused-ring (bicyclic) bond motifs is 3. The summed E-state index contributed by atoms with van der Waals surface area (Å²) in [5.74, 6) is 2.12. The zero-order valence-corrected chi connectivity index (χ0v) is 20.0. The van der Waals surface area contributed by atoms with Gasteiger partial charge in [-0.25, -0.2) is 4.98 Å². The molecule has 2 aliphatic heterocycles. The van der Waals surface area contributed by atoms with Crippen LogP contribution in [0, 0.1) is 0 Å². The van der Waals surface area contributed by atoms with E-state index in [1.807, 2.05) is 41.4 Å². The molecule has 2 aromatic heterocycles. The fourth-order valence-electron chi connectivity index (χ4n) is 5.12. The zero-order chi connectivity index (χ0) is 24.5. The van der Waals surface area contributed by atoms with Gasteiger partial charge in [-0.2, -0.15) is 0 Å². The summed E-state index contributed by atoms with van der Waals surface area (Å²) in [5.41, 5.74) is 3.75. The second kappa shape index (κ2) is 9.62. The Labute approximate surface area is 208 Å². The highest BCUT2D eigenvalue weighted by atomic mass is 16.5. The maximum Gasteiger partial charge on any atom is 0.256 e. The average molecular weight is 485 g/mol. The molecular formula is C28H28N4O4. The fraction of sp³-hybridized carbons (Fsp3) is 0.321. The molecule has 0 unspecified atom stereocenters. The van der Waals surface area contributed by atoms with Gasteiger partial charge >= 0.3 is 0 Å². The number of nitrogens with zero attached hydrogens (tertiary/aromatic N) is 4. The summed E-state index contributed by atoms with van der Waals surface area (Å²) in [4.78, 5) is 24.2. The number of amides is 1. The number of rotatable bonds is 8. The van der Waals surface area contributed by atoms with Crippen LogP contribution in [-0.2, 0) is 13.2 Å². The summed E-state index contributed by atoms with van der Waals surface area (Å²) in [6, 6.07) is 15.4. The summed E-state index contributed by atoms with van der Waals surface area (Å²) in [5, 5.41) is 9.95. The lowest BCUT2D eigenvalue weighted by Gasteiger charge is -2.20. The molecule has 2 aliphatic rings. The molecule has 0 aliphatic carbocycles. The number of hydrogen-bond acceptors (Lipinski definition) is 6. The molecule has 1 N–H and O–H groups in total. The number of aliphatic hydroxyl groups excluding tert-OH is 1. The average Bonchev–Trinajstić information content (AvgIpc) is 3.65. The van der Waals surface area contributed by atoms with Crippen molar-refractivity contribution in [3.05, 3.63) is 65.9 Å². The number of aliphatic hydroxyl groups is 1. The predicted molar refractivity (Wildman–Crippen MR) is 137 cm³/mol. The number of aromatic nitrogens is 2. The van der Waals surface area contributed by atoms with Gasteiger partial charge in [-0.1, -0.05) is 12.1 Å². The number of hydrogen-bond donors (Lipinski definition) is 1. The van der Waals surface area contributed by atoms with E-state index in [-0.39, 0.29) is 18.6 Å². The van der Waals surface area contributed by atoms with Gasteiger partial charge in [0.15, 0.2) is 11.6 Å². The summed E-state index contributed by atoms with van der Waals surface area (Å²) >= 11 is 0. The van der Waals surface area contributed by atoms with Gasteiger partial charge < -0.3 is 23.7 Å². The first-order chi connectivity index (χ1) is 17.7. The molecule has 1 fully saturated rings. The van der Waals surface area contributed by atoms with Crippen molar-refractivity contribution in [2.45, 2.75) is 44.9 Å². The highest BCUT2D eigenvalue weighted by Gasteiger charge is 2.32. The first-order valence-electron chi connectivity index (χ1n) is 12.5. The summed E-state index contributed by atoms with van der Waals surface area (Å²) in [6.45, 7) is 1.81. The van der Waals surface area contributed by atoms with Gasteiger partial charge in [-0.3, -0.25) is 9.79 Å². The Morgan fingerprint density at radius 2 is 2.06 bits per heavy atom. The second-order valence-corrected chi connectivity index (χ2v) is 9.23. The molecule has 6 rings (SSSR count). The Hall–Kier alpha value is -3.91. The number of unbranched alkanes of at least 4 members (excludes halogenated alkanes) is 1. The second-order valence-electron chi connectivity index (χ2n) is 9.23. The summed E-state index contributed by atoms with van der Waals surface area (Å²) in [7, 11) is 0. The molecule has 0 saturated carbocycles. The van der Waals surface area contributed by atoms with Gasteiger partial charge in [-0.15, -0.1) is 0 Å². The van der Waals surface area contributed by atoms with E-state index in [9.17, 15) is 9.90 Å². The number of benzene rings is 2. The molecule has 0 radical (unpaired) electrons. The van der Waals surface area contributed by atoms with E-state index in [1.54, 1.807) is 18.4 Å². The predicted octanol–water partition coefficient (Wildman–Crippen LogP) is 4.97. The van der Waals surface area contributed by atoms with Crippen LogP contribution in [0.1, 0.15) is 41.6 Å². The lowest BCUT2D eigenvalue weighted by atomic mass is 10.1. The van der Waals surface area contributed by atoms with Crippen molar-refractivity contribution in [3.63, 3.8) is 0 Å². The van der Waals surface area contributed by atoms with Gasteiger partial charge in [-0.05, 0) is 56.0 Å². The maximum absolute atomic E-state index is 13.0. The number of ether oxygens (including phenoxy) is 1. The highest BCUT2D eigenvalue weighted by molar-refractivity contribution is 6.03. The molecule has 0 bridgehead atoms. The third-order valence-corrected chi connectivity index (χ3v) is 6.96. The molecule has 184 valence electrons. The van der Waals surface area contributed by atoms with Crippen LogP contribution in [0.2, 0.25) is 0 Å². The first-order valence-corrected chi connectivity index (χ1v) is 12.5. The monoisotopic (exact) mass is 484 g/mol. The van der Waals surface area contributed by atoms with Crippen molar-refractivity contribution in [2.75, 3.05) is 13.2 Å². The number of para-hydroxylation sites is 2. The third kappa shape index (κ3) is 4.07. The van der Waals surface area contributed by atoms with Gasteiger partial charge in [0.05, 0.1) is 47.8 Å². The SMILES string of the molecule is O=C1c2cc(CO)c(OCCCCn3c(-c4ccco4)nc4ccccc43)cc2N=C[C@@H]2CCCN12. The minimum Gasteiger partial charge on any atom is -0.493 e. The van der Waals surface area contributed by atoms with Crippen LogP contribution >= 0.6 is 0 Å². The van der Waals surface area contributed by atoms with Crippen LogP contribution in [-0.4, -0.2) is 50.9 Å². The Morgan fingerprint density at radius 3 is 2.92 bits per heavy atom. The molecule has 1 amide bonds. The summed E-state index contributed by atoms with van der Waals surface area (Å²) in [6.07, 6.45) is 7.14. The first kappa shape index (κ1) is 22.5. The fourth-order valence-corrected chi connectivity index (χ4v) is 5.12. The molecular weight excluding hydrogens is 456 g/mol. The van der Waals surface area contributed by atoms with E-state index in [4.69, 9.17) is 14.1 Å². The Kier molecular flexibility index (Phi) is 6.03.